The normalized spacial score (nSPS) is 19.5. The summed E-state index contributed by atoms with van der Waals surface area (Å²) in [5, 5.41) is 9.18. The van der Waals surface area contributed by atoms with Gasteiger partial charge in [0, 0.05) is 6.54 Å². The van der Waals surface area contributed by atoms with Gasteiger partial charge in [0.15, 0.2) is 6.10 Å². The molecule has 0 aromatic heterocycles. The van der Waals surface area contributed by atoms with Crippen molar-refractivity contribution in [2.75, 3.05) is 6.54 Å². The summed E-state index contributed by atoms with van der Waals surface area (Å²) in [4.78, 5) is 25.0. The lowest BCUT2D eigenvalue weighted by atomic mass is 9.87. The molecule has 1 amide bonds. The van der Waals surface area contributed by atoms with Crippen LogP contribution in [0.3, 0.4) is 0 Å². The third-order valence-corrected chi connectivity index (χ3v) is 4.20. The lowest BCUT2D eigenvalue weighted by Crippen LogP contribution is -2.46. The minimum absolute atomic E-state index is 0.0597. The highest BCUT2D eigenvalue weighted by atomic mass is 16.5. The molecule has 126 valence electrons. The van der Waals surface area contributed by atoms with Crippen molar-refractivity contribution in [3.05, 3.63) is 29.8 Å². The number of aliphatic carboxylic acids is 1. The Balaban J connectivity index is 2.02. The van der Waals surface area contributed by atoms with E-state index >= 15 is 0 Å². The maximum absolute atomic E-state index is 12.4. The summed E-state index contributed by atoms with van der Waals surface area (Å²) in [6.07, 6.45) is 0.527. The Kier molecular flexibility index (Phi) is 4.97. The third kappa shape index (κ3) is 4.03. The summed E-state index contributed by atoms with van der Waals surface area (Å²) in [6, 6.07) is 6.95. The fourth-order valence-electron chi connectivity index (χ4n) is 2.81. The second-order valence-corrected chi connectivity index (χ2v) is 7.06. The predicted molar refractivity (Wildman–Crippen MR) is 87.6 cm³/mol. The van der Waals surface area contributed by atoms with E-state index in [0.29, 0.717) is 18.7 Å². The summed E-state index contributed by atoms with van der Waals surface area (Å²) in [5.41, 5.74) is 1.25. The van der Waals surface area contributed by atoms with E-state index in [1.165, 1.54) is 10.5 Å². The highest BCUT2D eigenvalue weighted by Crippen LogP contribution is 2.25. The number of nitrogens with zero attached hydrogens (tertiary/aromatic N) is 1. The molecule has 1 heterocycles. The molecule has 1 N–H and O–H groups in total. The molecule has 23 heavy (non-hydrogen) atoms. The second kappa shape index (κ2) is 6.60. The first-order valence-corrected chi connectivity index (χ1v) is 8.00. The summed E-state index contributed by atoms with van der Waals surface area (Å²) in [6.45, 7) is 8.54. The molecular weight excluding hydrogens is 294 g/mol. The Morgan fingerprint density at radius 3 is 2.39 bits per heavy atom. The molecule has 1 unspecified atom stereocenters. The van der Waals surface area contributed by atoms with Crippen molar-refractivity contribution >= 4 is 11.9 Å². The third-order valence-electron chi connectivity index (χ3n) is 4.20. The lowest BCUT2D eigenvalue weighted by Gasteiger charge is -2.25. The summed E-state index contributed by atoms with van der Waals surface area (Å²) < 4.78 is 5.70. The fourth-order valence-corrected chi connectivity index (χ4v) is 2.81. The van der Waals surface area contributed by atoms with Crippen LogP contribution < -0.4 is 4.74 Å². The van der Waals surface area contributed by atoms with E-state index in [1.54, 1.807) is 6.92 Å². The number of ether oxygens (including phenoxy) is 1. The van der Waals surface area contributed by atoms with Gasteiger partial charge in [-0.3, -0.25) is 4.79 Å². The monoisotopic (exact) mass is 319 g/mol. The standard InChI is InChI=1S/C18H25NO4/c1-12(16(20)19-11-5-6-15(19)17(21)22)23-14-9-7-13(8-10-14)18(2,3)4/h7-10,12,15H,5-6,11H2,1-4H3,(H,21,22)/t12?,15-/m0/s1. The number of likely N-dealkylation sites (tertiary alicyclic amines) is 1. The van der Waals surface area contributed by atoms with Crippen molar-refractivity contribution in [2.45, 2.75) is 58.1 Å². The first-order valence-electron chi connectivity index (χ1n) is 8.00. The van der Waals surface area contributed by atoms with Gasteiger partial charge in [-0.1, -0.05) is 32.9 Å². The first-order chi connectivity index (χ1) is 10.7. The van der Waals surface area contributed by atoms with E-state index in [-0.39, 0.29) is 11.3 Å². The van der Waals surface area contributed by atoms with Gasteiger partial charge < -0.3 is 14.7 Å². The average molecular weight is 319 g/mol. The molecule has 2 rings (SSSR count). The van der Waals surface area contributed by atoms with Crippen LogP contribution in [0.5, 0.6) is 5.75 Å². The number of amides is 1. The summed E-state index contributed by atoms with van der Waals surface area (Å²) >= 11 is 0. The summed E-state index contributed by atoms with van der Waals surface area (Å²) in [5.74, 6) is -0.600. The highest BCUT2D eigenvalue weighted by Gasteiger charge is 2.36. The second-order valence-electron chi connectivity index (χ2n) is 7.06. The van der Waals surface area contributed by atoms with Gasteiger partial charge in [-0.15, -0.1) is 0 Å². The van der Waals surface area contributed by atoms with Crippen molar-refractivity contribution in [1.29, 1.82) is 0 Å². The van der Waals surface area contributed by atoms with E-state index in [0.717, 1.165) is 6.42 Å². The molecule has 1 aromatic carbocycles. The highest BCUT2D eigenvalue weighted by molar-refractivity contribution is 5.87. The molecular formula is C18H25NO4. The molecule has 5 heteroatoms. The molecule has 0 spiro atoms. The van der Waals surface area contributed by atoms with Gasteiger partial charge in [0.2, 0.25) is 0 Å². The number of hydrogen-bond acceptors (Lipinski definition) is 3. The molecule has 1 aliphatic heterocycles. The molecule has 1 fully saturated rings. The lowest BCUT2D eigenvalue weighted by molar-refractivity contribution is -0.150. The zero-order chi connectivity index (χ0) is 17.2. The minimum atomic E-state index is -0.947. The maximum atomic E-state index is 12.4. The Labute approximate surface area is 137 Å². The Hall–Kier alpha value is -2.04. The Morgan fingerprint density at radius 1 is 1.26 bits per heavy atom. The zero-order valence-corrected chi connectivity index (χ0v) is 14.2. The molecule has 1 aromatic rings. The molecule has 1 aliphatic rings. The molecule has 2 atom stereocenters. The van der Waals surface area contributed by atoms with E-state index in [9.17, 15) is 14.7 Å². The van der Waals surface area contributed by atoms with Crippen molar-refractivity contribution in [3.63, 3.8) is 0 Å². The number of carboxylic acids is 1. The number of carbonyl (C=O) groups excluding carboxylic acids is 1. The van der Waals surface area contributed by atoms with Gasteiger partial charge >= 0.3 is 5.97 Å². The zero-order valence-electron chi connectivity index (χ0n) is 14.2. The Morgan fingerprint density at radius 2 is 1.87 bits per heavy atom. The van der Waals surface area contributed by atoms with Gasteiger partial charge in [-0.25, -0.2) is 4.79 Å². The Bertz CT molecular complexity index is 574. The van der Waals surface area contributed by atoms with Crippen molar-refractivity contribution in [2.24, 2.45) is 0 Å². The van der Waals surface area contributed by atoms with E-state index in [2.05, 4.69) is 20.8 Å². The maximum Gasteiger partial charge on any atom is 0.326 e. The van der Waals surface area contributed by atoms with Crippen LogP contribution in [0, 0.1) is 0 Å². The van der Waals surface area contributed by atoms with Gasteiger partial charge in [0.1, 0.15) is 11.8 Å². The number of rotatable bonds is 4. The number of hydrogen-bond donors (Lipinski definition) is 1. The predicted octanol–water partition coefficient (Wildman–Crippen LogP) is 2.83. The molecule has 0 bridgehead atoms. The average Bonchev–Trinajstić information content (AvgIpc) is 2.95. The van der Waals surface area contributed by atoms with Crippen LogP contribution in [0.2, 0.25) is 0 Å². The van der Waals surface area contributed by atoms with Crippen LogP contribution in [0.1, 0.15) is 46.1 Å². The minimum Gasteiger partial charge on any atom is -0.481 e. The van der Waals surface area contributed by atoms with E-state index in [4.69, 9.17) is 4.74 Å². The number of benzene rings is 1. The van der Waals surface area contributed by atoms with Crippen LogP contribution in [0.4, 0.5) is 0 Å². The molecule has 1 saturated heterocycles. The van der Waals surface area contributed by atoms with Gasteiger partial charge in [0.05, 0.1) is 0 Å². The molecule has 0 aliphatic carbocycles. The molecule has 0 saturated carbocycles. The smallest absolute Gasteiger partial charge is 0.326 e. The largest absolute Gasteiger partial charge is 0.481 e. The van der Waals surface area contributed by atoms with Gasteiger partial charge in [-0.2, -0.15) is 0 Å². The van der Waals surface area contributed by atoms with E-state index in [1.807, 2.05) is 24.3 Å². The SMILES string of the molecule is CC(Oc1ccc(C(C)(C)C)cc1)C(=O)N1CCC[C@H]1C(=O)O. The van der Waals surface area contributed by atoms with E-state index < -0.39 is 18.1 Å². The van der Waals surface area contributed by atoms with Gasteiger partial charge in [-0.05, 0) is 42.9 Å². The van der Waals surface area contributed by atoms with Gasteiger partial charge in [0.25, 0.3) is 5.91 Å². The number of carbonyl (C=O) groups is 2. The van der Waals surface area contributed by atoms with Crippen LogP contribution >= 0.6 is 0 Å². The van der Waals surface area contributed by atoms with Crippen LogP contribution in [-0.2, 0) is 15.0 Å². The van der Waals surface area contributed by atoms with Crippen molar-refractivity contribution < 1.29 is 19.4 Å². The van der Waals surface area contributed by atoms with Crippen molar-refractivity contribution in [1.82, 2.24) is 4.90 Å². The van der Waals surface area contributed by atoms with Crippen LogP contribution in [0.25, 0.3) is 0 Å². The molecule has 0 radical (unpaired) electrons. The topological polar surface area (TPSA) is 66.8 Å². The van der Waals surface area contributed by atoms with Crippen molar-refractivity contribution in [3.8, 4) is 5.75 Å². The quantitative estimate of drug-likeness (QED) is 0.926. The first kappa shape index (κ1) is 17.3. The summed E-state index contributed by atoms with van der Waals surface area (Å²) in [7, 11) is 0. The van der Waals surface area contributed by atoms with Crippen LogP contribution in [-0.4, -0.2) is 40.6 Å². The molecule has 5 nitrogen and oxygen atoms in total. The van der Waals surface area contributed by atoms with Crippen LogP contribution in [0.15, 0.2) is 24.3 Å². The fraction of sp³-hybridized carbons (Fsp3) is 0.556. The number of carboxylic acid groups (broad SMARTS) is 1.